The first-order valence-electron chi connectivity index (χ1n) is 7.30. The van der Waals surface area contributed by atoms with Gasteiger partial charge in [0.25, 0.3) is 0 Å². The van der Waals surface area contributed by atoms with Crippen LogP contribution in [0.25, 0.3) is 0 Å². The second-order valence-corrected chi connectivity index (χ2v) is 6.85. The van der Waals surface area contributed by atoms with E-state index in [9.17, 15) is 5.11 Å². The maximum absolute atomic E-state index is 10.0. The SMILES string of the molecule is CCC1(CC)C2CC3CC(C2)CC1(CO)C3. The second-order valence-electron chi connectivity index (χ2n) is 6.85. The molecule has 0 aromatic heterocycles. The van der Waals surface area contributed by atoms with Gasteiger partial charge >= 0.3 is 0 Å². The number of aliphatic hydroxyl groups excluding tert-OH is 1. The van der Waals surface area contributed by atoms with Gasteiger partial charge in [0.1, 0.15) is 0 Å². The molecule has 0 radical (unpaired) electrons. The molecular formula is C15H26O. The van der Waals surface area contributed by atoms with Crippen LogP contribution in [0.1, 0.15) is 58.8 Å². The molecule has 0 amide bonds. The van der Waals surface area contributed by atoms with Crippen LogP contribution in [0.3, 0.4) is 0 Å². The zero-order valence-electron chi connectivity index (χ0n) is 10.8. The summed E-state index contributed by atoms with van der Waals surface area (Å²) in [7, 11) is 0. The highest BCUT2D eigenvalue weighted by Gasteiger charge is 2.63. The largest absolute Gasteiger partial charge is 0.396 e. The maximum Gasteiger partial charge on any atom is 0.0493 e. The summed E-state index contributed by atoms with van der Waals surface area (Å²) in [5, 5.41) is 10.0. The molecular weight excluding hydrogens is 196 g/mol. The summed E-state index contributed by atoms with van der Waals surface area (Å²) in [5.41, 5.74) is 0.792. The molecule has 0 aliphatic heterocycles. The summed E-state index contributed by atoms with van der Waals surface area (Å²) in [5.74, 6) is 2.84. The summed E-state index contributed by atoms with van der Waals surface area (Å²) < 4.78 is 0. The highest BCUT2D eigenvalue weighted by atomic mass is 16.3. The van der Waals surface area contributed by atoms with Gasteiger partial charge in [0, 0.05) is 6.61 Å². The van der Waals surface area contributed by atoms with Crippen LogP contribution in [-0.4, -0.2) is 11.7 Å². The molecule has 0 saturated heterocycles. The Bertz CT molecular complexity index is 265. The average Bonchev–Trinajstić information content (AvgIpc) is 2.29. The van der Waals surface area contributed by atoms with Crippen LogP contribution in [0.15, 0.2) is 0 Å². The highest BCUT2D eigenvalue weighted by Crippen LogP contribution is 2.70. The van der Waals surface area contributed by atoms with Gasteiger partial charge in [-0.2, -0.15) is 0 Å². The fraction of sp³-hybridized carbons (Fsp3) is 1.00. The van der Waals surface area contributed by atoms with Gasteiger partial charge < -0.3 is 5.11 Å². The molecule has 4 bridgehead atoms. The molecule has 1 N–H and O–H groups in total. The smallest absolute Gasteiger partial charge is 0.0493 e. The summed E-state index contributed by atoms with van der Waals surface area (Å²) in [6.07, 6.45) is 9.65. The van der Waals surface area contributed by atoms with Crippen LogP contribution in [-0.2, 0) is 0 Å². The minimum atomic E-state index is 0.311. The minimum absolute atomic E-state index is 0.311. The molecule has 4 saturated carbocycles. The molecule has 92 valence electrons. The van der Waals surface area contributed by atoms with E-state index in [2.05, 4.69) is 13.8 Å². The van der Waals surface area contributed by atoms with Crippen molar-refractivity contribution in [2.45, 2.75) is 58.8 Å². The predicted molar refractivity (Wildman–Crippen MR) is 66.1 cm³/mol. The molecule has 0 spiro atoms. The molecule has 1 nitrogen and oxygen atoms in total. The summed E-state index contributed by atoms with van der Waals surface area (Å²) in [4.78, 5) is 0. The first-order chi connectivity index (χ1) is 7.69. The Labute approximate surface area is 99.6 Å². The van der Waals surface area contributed by atoms with E-state index >= 15 is 0 Å². The van der Waals surface area contributed by atoms with Crippen molar-refractivity contribution in [3.05, 3.63) is 0 Å². The first-order valence-corrected chi connectivity index (χ1v) is 7.30. The van der Waals surface area contributed by atoms with Crippen molar-refractivity contribution in [3.8, 4) is 0 Å². The second kappa shape index (κ2) is 3.48. The lowest BCUT2D eigenvalue weighted by atomic mass is 9.38. The predicted octanol–water partition coefficient (Wildman–Crippen LogP) is 3.61. The zero-order valence-corrected chi connectivity index (χ0v) is 10.8. The van der Waals surface area contributed by atoms with Crippen LogP contribution in [0.4, 0.5) is 0 Å². The Balaban J connectivity index is 2.04. The zero-order chi connectivity index (χ0) is 11.4. The lowest BCUT2D eigenvalue weighted by molar-refractivity contribution is -0.198. The number of rotatable bonds is 3. The van der Waals surface area contributed by atoms with E-state index in [1.807, 2.05) is 0 Å². The van der Waals surface area contributed by atoms with Crippen molar-refractivity contribution < 1.29 is 5.11 Å². The minimum Gasteiger partial charge on any atom is -0.396 e. The Kier molecular flexibility index (Phi) is 2.41. The molecule has 2 unspecified atom stereocenters. The van der Waals surface area contributed by atoms with Crippen molar-refractivity contribution in [1.29, 1.82) is 0 Å². The number of aliphatic hydroxyl groups is 1. The van der Waals surface area contributed by atoms with Crippen molar-refractivity contribution in [3.63, 3.8) is 0 Å². The van der Waals surface area contributed by atoms with Gasteiger partial charge in [-0.25, -0.2) is 0 Å². The van der Waals surface area contributed by atoms with E-state index in [0.717, 1.165) is 17.8 Å². The van der Waals surface area contributed by atoms with Crippen LogP contribution >= 0.6 is 0 Å². The lowest BCUT2D eigenvalue weighted by Gasteiger charge is -2.67. The van der Waals surface area contributed by atoms with E-state index in [-0.39, 0.29) is 0 Å². The van der Waals surface area contributed by atoms with E-state index in [0.29, 0.717) is 17.4 Å². The number of hydrogen-bond acceptors (Lipinski definition) is 1. The van der Waals surface area contributed by atoms with E-state index in [1.54, 1.807) is 0 Å². The van der Waals surface area contributed by atoms with Crippen molar-refractivity contribution in [1.82, 2.24) is 0 Å². The Morgan fingerprint density at radius 3 is 2.00 bits per heavy atom. The Morgan fingerprint density at radius 1 is 1.00 bits per heavy atom. The van der Waals surface area contributed by atoms with E-state index in [1.165, 1.54) is 44.9 Å². The third-order valence-electron chi connectivity index (χ3n) is 6.66. The van der Waals surface area contributed by atoms with Gasteiger partial charge in [0.05, 0.1) is 0 Å². The first kappa shape index (κ1) is 11.1. The standard InChI is InChI=1S/C15H26O/c1-3-15(4-2)13-6-11-5-12(7-13)9-14(15,8-11)10-16/h11-13,16H,3-10H2,1-2H3. The van der Waals surface area contributed by atoms with Gasteiger partial charge in [-0.1, -0.05) is 13.8 Å². The van der Waals surface area contributed by atoms with Crippen molar-refractivity contribution in [2.24, 2.45) is 28.6 Å². The average molecular weight is 222 g/mol. The third-order valence-corrected chi connectivity index (χ3v) is 6.66. The topological polar surface area (TPSA) is 20.2 Å². The molecule has 4 aliphatic rings. The van der Waals surface area contributed by atoms with Gasteiger partial charge in [0.15, 0.2) is 0 Å². The van der Waals surface area contributed by atoms with Crippen LogP contribution in [0, 0.1) is 28.6 Å². The molecule has 1 heteroatoms. The fourth-order valence-corrected chi connectivity index (χ4v) is 6.24. The van der Waals surface area contributed by atoms with Crippen LogP contribution in [0.5, 0.6) is 0 Å². The molecule has 4 fully saturated rings. The molecule has 16 heavy (non-hydrogen) atoms. The molecule has 4 rings (SSSR count). The van der Waals surface area contributed by atoms with Crippen LogP contribution in [0.2, 0.25) is 0 Å². The monoisotopic (exact) mass is 222 g/mol. The Hall–Kier alpha value is -0.0400. The van der Waals surface area contributed by atoms with E-state index < -0.39 is 0 Å². The molecule has 0 heterocycles. The fourth-order valence-electron chi connectivity index (χ4n) is 6.24. The van der Waals surface area contributed by atoms with Gasteiger partial charge in [-0.05, 0) is 73.5 Å². The Morgan fingerprint density at radius 2 is 1.56 bits per heavy atom. The normalized spacial score (nSPS) is 48.6. The summed E-state index contributed by atoms with van der Waals surface area (Å²) >= 11 is 0. The lowest BCUT2D eigenvalue weighted by Crippen LogP contribution is -2.61. The van der Waals surface area contributed by atoms with Crippen LogP contribution < -0.4 is 0 Å². The summed E-state index contributed by atoms with van der Waals surface area (Å²) in [6.45, 7) is 5.19. The third kappa shape index (κ3) is 1.11. The van der Waals surface area contributed by atoms with Crippen molar-refractivity contribution in [2.75, 3.05) is 6.61 Å². The van der Waals surface area contributed by atoms with Gasteiger partial charge in [-0.15, -0.1) is 0 Å². The quantitative estimate of drug-likeness (QED) is 0.773. The molecule has 0 aromatic carbocycles. The van der Waals surface area contributed by atoms with Crippen molar-refractivity contribution >= 4 is 0 Å². The number of hydrogen-bond donors (Lipinski definition) is 1. The van der Waals surface area contributed by atoms with E-state index in [4.69, 9.17) is 0 Å². The van der Waals surface area contributed by atoms with Gasteiger partial charge in [-0.3, -0.25) is 0 Å². The maximum atomic E-state index is 10.0. The van der Waals surface area contributed by atoms with Gasteiger partial charge in [0.2, 0.25) is 0 Å². The highest BCUT2D eigenvalue weighted by molar-refractivity contribution is 5.12. The molecule has 0 aromatic rings. The molecule has 2 atom stereocenters. The summed E-state index contributed by atoms with van der Waals surface area (Å²) in [6, 6.07) is 0. The molecule has 4 aliphatic carbocycles.